The average molecular weight is 220 g/mol. The zero-order valence-corrected chi connectivity index (χ0v) is 8.96. The van der Waals surface area contributed by atoms with Crippen LogP contribution in [0.2, 0.25) is 0 Å². The summed E-state index contributed by atoms with van der Waals surface area (Å²) >= 11 is 1.44. The predicted molar refractivity (Wildman–Crippen MR) is 57.3 cm³/mol. The maximum Gasteiger partial charge on any atom is 0.217 e. The topological polar surface area (TPSA) is 25.8 Å². The maximum atomic E-state index is 12.8. The first-order valence-corrected chi connectivity index (χ1v) is 5.28. The van der Waals surface area contributed by atoms with Gasteiger partial charge in [0, 0.05) is 11.0 Å². The van der Waals surface area contributed by atoms with Crippen molar-refractivity contribution in [1.82, 2.24) is 9.97 Å². The molecule has 0 saturated heterocycles. The van der Waals surface area contributed by atoms with Crippen LogP contribution in [-0.2, 0) is 0 Å². The predicted octanol–water partition coefficient (Wildman–Crippen LogP) is 3.08. The van der Waals surface area contributed by atoms with Gasteiger partial charge in [0.05, 0.1) is 0 Å². The van der Waals surface area contributed by atoms with Crippen molar-refractivity contribution in [1.29, 1.82) is 0 Å². The molecule has 0 fully saturated rings. The van der Waals surface area contributed by atoms with Gasteiger partial charge < -0.3 is 0 Å². The van der Waals surface area contributed by atoms with Gasteiger partial charge >= 0.3 is 0 Å². The number of nitrogens with zero attached hydrogens (tertiary/aromatic N) is 2. The molecular weight excluding hydrogens is 211 g/mol. The molecule has 0 spiro atoms. The summed E-state index contributed by atoms with van der Waals surface area (Å²) in [6.07, 6.45) is 1.23. The van der Waals surface area contributed by atoms with Crippen LogP contribution < -0.4 is 0 Å². The number of aryl methyl sites for hydroxylation is 1. The Labute approximate surface area is 91.6 Å². The fraction of sp³-hybridized carbons (Fsp3) is 0.0909. The molecule has 2 nitrogen and oxygen atoms in total. The van der Waals surface area contributed by atoms with Crippen LogP contribution in [-0.4, -0.2) is 9.97 Å². The normalized spacial score (nSPS) is 10.3. The Hall–Kier alpha value is -1.42. The summed E-state index contributed by atoms with van der Waals surface area (Å²) in [6, 6.07) is 9.25. The molecule has 0 amide bonds. The highest BCUT2D eigenvalue weighted by molar-refractivity contribution is 7.99. The lowest BCUT2D eigenvalue weighted by Crippen LogP contribution is -1.87. The van der Waals surface area contributed by atoms with Gasteiger partial charge in [0.2, 0.25) is 5.95 Å². The number of hydrogen-bond acceptors (Lipinski definition) is 3. The molecule has 0 aliphatic heterocycles. The van der Waals surface area contributed by atoms with Gasteiger partial charge in [0.1, 0.15) is 11.4 Å². The van der Waals surface area contributed by atoms with Crippen LogP contribution >= 0.6 is 11.8 Å². The molecule has 0 atom stereocenters. The van der Waals surface area contributed by atoms with E-state index >= 15 is 0 Å². The third-order valence-electron chi connectivity index (χ3n) is 1.92. The van der Waals surface area contributed by atoms with Crippen molar-refractivity contribution in [3.8, 4) is 0 Å². The highest BCUT2D eigenvalue weighted by atomic mass is 32.2. The molecule has 0 bridgehead atoms. The van der Waals surface area contributed by atoms with E-state index in [0.29, 0.717) is 5.03 Å². The lowest BCUT2D eigenvalue weighted by atomic mass is 10.2. The fourth-order valence-corrected chi connectivity index (χ4v) is 2.01. The van der Waals surface area contributed by atoms with Crippen LogP contribution in [0.1, 0.15) is 5.56 Å². The van der Waals surface area contributed by atoms with Gasteiger partial charge in [-0.25, -0.2) is 9.97 Å². The number of aromatic nitrogens is 2. The number of hydrogen-bond donors (Lipinski definition) is 0. The van der Waals surface area contributed by atoms with Crippen molar-refractivity contribution < 1.29 is 4.39 Å². The molecule has 0 aliphatic carbocycles. The summed E-state index contributed by atoms with van der Waals surface area (Å²) in [5, 5.41) is 0.622. The molecule has 1 aromatic carbocycles. The monoisotopic (exact) mass is 220 g/mol. The van der Waals surface area contributed by atoms with E-state index in [1.54, 1.807) is 0 Å². The zero-order valence-electron chi connectivity index (χ0n) is 8.14. The quantitative estimate of drug-likeness (QED) is 0.727. The Morgan fingerprint density at radius 2 is 2.00 bits per heavy atom. The van der Waals surface area contributed by atoms with Gasteiger partial charge in [-0.15, -0.1) is 0 Å². The molecule has 4 heteroatoms. The number of rotatable bonds is 2. The molecule has 1 aromatic heterocycles. The van der Waals surface area contributed by atoms with Crippen molar-refractivity contribution in [2.75, 3.05) is 0 Å². The highest BCUT2D eigenvalue weighted by Crippen LogP contribution is 2.28. The fourth-order valence-electron chi connectivity index (χ4n) is 1.16. The third kappa shape index (κ3) is 2.53. The molecule has 0 unspecified atom stereocenters. The Kier molecular flexibility index (Phi) is 2.97. The van der Waals surface area contributed by atoms with E-state index in [1.807, 2.05) is 31.2 Å². The van der Waals surface area contributed by atoms with E-state index < -0.39 is 5.95 Å². The summed E-state index contributed by atoms with van der Waals surface area (Å²) in [7, 11) is 0. The Morgan fingerprint density at radius 1 is 1.20 bits per heavy atom. The first-order chi connectivity index (χ1) is 7.25. The first-order valence-electron chi connectivity index (χ1n) is 4.47. The molecule has 1 heterocycles. The lowest BCUT2D eigenvalue weighted by Gasteiger charge is -2.03. The zero-order chi connectivity index (χ0) is 10.7. The van der Waals surface area contributed by atoms with Crippen LogP contribution in [0.25, 0.3) is 0 Å². The number of benzene rings is 1. The number of halogens is 1. The Balaban J connectivity index is 2.26. The van der Waals surface area contributed by atoms with Gasteiger partial charge in [-0.3, -0.25) is 0 Å². The van der Waals surface area contributed by atoms with Crippen LogP contribution in [0.5, 0.6) is 0 Å². The Bertz CT molecular complexity index is 474. The summed E-state index contributed by atoms with van der Waals surface area (Å²) in [6.45, 7) is 2.01. The molecule has 0 aliphatic rings. The second-order valence-corrected chi connectivity index (χ2v) is 4.11. The SMILES string of the molecule is Cc1ccccc1Sc1cc(F)ncn1. The summed E-state index contributed by atoms with van der Waals surface area (Å²) in [5.74, 6) is -0.499. The second-order valence-electron chi connectivity index (χ2n) is 3.05. The van der Waals surface area contributed by atoms with E-state index in [4.69, 9.17) is 0 Å². The molecule has 0 N–H and O–H groups in total. The standard InChI is InChI=1S/C11H9FN2S/c1-8-4-2-3-5-9(8)15-11-6-10(12)13-7-14-11/h2-7H,1H3. The summed E-state index contributed by atoms with van der Waals surface area (Å²) < 4.78 is 12.8. The maximum absolute atomic E-state index is 12.8. The van der Waals surface area contributed by atoms with Crippen molar-refractivity contribution in [2.45, 2.75) is 16.8 Å². The van der Waals surface area contributed by atoms with Crippen LogP contribution in [0.4, 0.5) is 4.39 Å². The van der Waals surface area contributed by atoms with Crippen molar-refractivity contribution in [2.24, 2.45) is 0 Å². The van der Waals surface area contributed by atoms with Crippen molar-refractivity contribution in [3.05, 3.63) is 48.2 Å². The largest absolute Gasteiger partial charge is 0.229 e. The van der Waals surface area contributed by atoms with E-state index in [-0.39, 0.29) is 0 Å². The van der Waals surface area contributed by atoms with Crippen molar-refractivity contribution in [3.63, 3.8) is 0 Å². The molecule has 15 heavy (non-hydrogen) atoms. The molecular formula is C11H9FN2S. The van der Waals surface area contributed by atoms with E-state index in [1.165, 1.54) is 24.2 Å². The average Bonchev–Trinajstić information content (AvgIpc) is 2.22. The minimum Gasteiger partial charge on any atom is -0.229 e. The second kappa shape index (κ2) is 4.40. The first kappa shape index (κ1) is 10.1. The van der Waals surface area contributed by atoms with E-state index in [2.05, 4.69) is 9.97 Å². The van der Waals surface area contributed by atoms with Gasteiger partial charge in [-0.2, -0.15) is 4.39 Å². The van der Waals surface area contributed by atoms with E-state index in [9.17, 15) is 4.39 Å². The van der Waals surface area contributed by atoms with Gasteiger partial charge in [0.25, 0.3) is 0 Å². The third-order valence-corrected chi connectivity index (χ3v) is 3.03. The van der Waals surface area contributed by atoms with Crippen LogP contribution in [0.15, 0.2) is 46.6 Å². The van der Waals surface area contributed by atoms with Gasteiger partial charge in [-0.1, -0.05) is 30.0 Å². The lowest BCUT2D eigenvalue weighted by molar-refractivity contribution is 0.572. The molecule has 2 rings (SSSR count). The molecule has 76 valence electrons. The summed E-state index contributed by atoms with van der Waals surface area (Å²) in [4.78, 5) is 8.48. The Morgan fingerprint density at radius 3 is 2.73 bits per heavy atom. The molecule has 0 radical (unpaired) electrons. The van der Waals surface area contributed by atoms with Crippen molar-refractivity contribution >= 4 is 11.8 Å². The van der Waals surface area contributed by atoms with E-state index in [0.717, 1.165) is 10.5 Å². The smallest absolute Gasteiger partial charge is 0.217 e. The molecule has 2 aromatic rings. The minimum absolute atomic E-state index is 0.499. The van der Waals surface area contributed by atoms with Crippen LogP contribution in [0.3, 0.4) is 0 Å². The minimum atomic E-state index is -0.499. The van der Waals surface area contributed by atoms with Crippen LogP contribution in [0, 0.1) is 12.9 Å². The van der Waals surface area contributed by atoms with Gasteiger partial charge in [-0.05, 0) is 18.6 Å². The summed E-state index contributed by atoms with van der Waals surface area (Å²) in [5.41, 5.74) is 1.15. The van der Waals surface area contributed by atoms with Gasteiger partial charge in [0.15, 0.2) is 0 Å². The highest BCUT2D eigenvalue weighted by Gasteiger charge is 2.02. The molecule has 0 saturated carbocycles.